The first kappa shape index (κ1) is 21.1. The molecule has 2 fully saturated rings. The topological polar surface area (TPSA) is 76.6 Å². The van der Waals surface area contributed by atoms with Gasteiger partial charge in [0.25, 0.3) is 5.91 Å². The molecule has 8 nitrogen and oxygen atoms in total. The summed E-state index contributed by atoms with van der Waals surface area (Å²) < 4.78 is 13.1. The lowest BCUT2D eigenvalue weighted by molar-refractivity contribution is 0.0264. The van der Waals surface area contributed by atoms with Crippen molar-refractivity contribution >= 4 is 5.91 Å². The molecular formula is C22H33N5O3. The van der Waals surface area contributed by atoms with Crippen LogP contribution in [0.4, 0.5) is 0 Å². The maximum Gasteiger partial charge on any atom is 0.276 e. The van der Waals surface area contributed by atoms with Crippen LogP contribution in [0.15, 0.2) is 10.6 Å². The first-order valence-electron chi connectivity index (χ1n) is 11.2. The molecule has 0 radical (unpaired) electrons. The summed E-state index contributed by atoms with van der Waals surface area (Å²) in [5, 5.41) is 8.71. The van der Waals surface area contributed by atoms with Crippen molar-refractivity contribution in [2.45, 2.75) is 59.0 Å². The van der Waals surface area contributed by atoms with Crippen LogP contribution < -0.4 is 0 Å². The number of hydrogen-bond donors (Lipinski definition) is 0. The molecule has 1 amide bonds. The van der Waals surface area contributed by atoms with Gasteiger partial charge in [0.2, 0.25) is 0 Å². The molecule has 0 N–H and O–H groups in total. The number of carbonyl (C=O) groups is 1. The molecule has 0 saturated carbocycles. The lowest BCUT2D eigenvalue weighted by Gasteiger charge is -2.34. The highest BCUT2D eigenvalue weighted by molar-refractivity contribution is 5.93. The van der Waals surface area contributed by atoms with Gasteiger partial charge < -0.3 is 19.1 Å². The first-order chi connectivity index (χ1) is 14.6. The SMILES string of the molecule is CCn1nc(C)c(-c2cc(C(=O)N(CCN3CCCC3)C3CCOCC3)no2)c1C. The highest BCUT2D eigenvalue weighted by Gasteiger charge is 2.30. The predicted octanol–water partition coefficient (Wildman–Crippen LogP) is 2.89. The summed E-state index contributed by atoms with van der Waals surface area (Å²) in [5.74, 6) is 0.564. The first-order valence-corrected chi connectivity index (χ1v) is 11.2. The largest absolute Gasteiger partial charge is 0.381 e. The third-order valence-corrected chi connectivity index (χ3v) is 6.40. The third kappa shape index (κ3) is 4.30. The van der Waals surface area contributed by atoms with Crippen molar-refractivity contribution in [2.24, 2.45) is 0 Å². The normalized spacial score (nSPS) is 18.2. The Kier molecular flexibility index (Phi) is 6.53. The van der Waals surface area contributed by atoms with Crippen LogP contribution in [0.1, 0.15) is 54.5 Å². The van der Waals surface area contributed by atoms with Crippen molar-refractivity contribution in [1.82, 2.24) is 24.7 Å². The van der Waals surface area contributed by atoms with E-state index in [0.29, 0.717) is 24.7 Å². The Bertz CT molecular complexity index is 862. The number of rotatable bonds is 7. The van der Waals surface area contributed by atoms with E-state index in [-0.39, 0.29) is 11.9 Å². The van der Waals surface area contributed by atoms with Gasteiger partial charge in [0, 0.05) is 50.7 Å². The van der Waals surface area contributed by atoms with Gasteiger partial charge in [-0.05, 0) is 59.5 Å². The van der Waals surface area contributed by atoms with Crippen molar-refractivity contribution < 1.29 is 14.1 Å². The fourth-order valence-corrected chi connectivity index (χ4v) is 4.70. The van der Waals surface area contributed by atoms with Crippen molar-refractivity contribution in [2.75, 3.05) is 39.4 Å². The Hall–Kier alpha value is -2.19. The molecule has 164 valence electrons. The van der Waals surface area contributed by atoms with Crippen LogP contribution in [0.2, 0.25) is 0 Å². The van der Waals surface area contributed by atoms with Crippen LogP contribution in [0.3, 0.4) is 0 Å². The number of ether oxygens (including phenoxy) is 1. The van der Waals surface area contributed by atoms with Crippen LogP contribution in [0, 0.1) is 13.8 Å². The second-order valence-corrected chi connectivity index (χ2v) is 8.33. The Morgan fingerprint density at radius 2 is 1.97 bits per heavy atom. The van der Waals surface area contributed by atoms with E-state index in [4.69, 9.17) is 9.26 Å². The molecule has 8 heteroatoms. The molecule has 4 rings (SSSR count). The summed E-state index contributed by atoms with van der Waals surface area (Å²) in [7, 11) is 0. The van der Waals surface area contributed by atoms with Gasteiger partial charge in [0.15, 0.2) is 11.5 Å². The van der Waals surface area contributed by atoms with Crippen molar-refractivity contribution in [3.05, 3.63) is 23.1 Å². The molecule has 0 unspecified atom stereocenters. The number of carbonyl (C=O) groups excluding carboxylic acids is 1. The van der Waals surface area contributed by atoms with Gasteiger partial charge in [-0.25, -0.2) is 0 Å². The molecule has 2 aromatic heterocycles. The van der Waals surface area contributed by atoms with Gasteiger partial charge >= 0.3 is 0 Å². The number of hydrogen-bond acceptors (Lipinski definition) is 6. The van der Waals surface area contributed by atoms with E-state index < -0.39 is 0 Å². The summed E-state index contributed by atoms with van der Waals surface area (Å²) in [4.78, 5) is 17.9. The summed E-state index contributed by atoms with van der Waals surface area (Å²) in [6.45, 7) is 12.1. The molecule has 2 aliphatic rings. The fraction of sp³-hybridized carbons (Fsp3) is 0.682. The molecule has 2 saturated heterocycles. The summed E-state index contributed by atoms with van der Waals surface area (Å²) in [6.07, 6.45) is 4.25. The van der Waals surface area contributed by atoms with Gasteiger partial charge in [-0.2, -0.15) is 5.10 Å². The van der Waals surface area contributed by atoms with Crippen LogP contribution in [0.5, 0.6) is 0 Å². The number of aryl methyl sites for hydroxylation is 2. The minimum absolute atomic E-state index is 0.0470. The quantitative estimate of drug-likeness (QED) is 0.692. The van der Waals surface area contributed by atoms with Crippen LogP contribution >= 0.6 is 0 Å². The molecule has 2 aliphatic heterocycles. The zero-order valence-corrected chi connectivity index (χ0v) is 18.4. The number of amides is 1. The van der Waals surface area contributed by atoms with Gasteiger partial charge in [-0.3, -0.25) is 9.48 Å². The summed E-state index contributed by atoms with van der Waals surface area (Å²) in [5.41, 5.74) is 3.22. The number of aromatic nitrogens is 3. The lowest BCUT2D eigenvalue weighted by Crippen LogP contribution is -2.46. The van der Waals surface area contributed by atoms with E-state index in [1.807, 2.05) is 23.4 Å². The molecule has 0 aromatic carbocycles. The van der Waals surface area contributed by atoms with Crippen molar-refractivity contribution in [1.29, 1.82) is 0 Å². The molecule has 4 heterocycles. The second-order valence-electron chi connectivity index (χ2n) is 8.33. The minimum atomic E-state index is -0.0470. The Morgan fingerprint density at radius 1 is 1.23 bits per heavy atom. The van der Waals surface area contributed by atoms with Crippen molar-refractivity contribution in [3.8, 4) is 11.3 Å². The van der Waals surface area contributed by atoms with E-state index in [1.54, 1.807) is 6.07 Å². The maximum absolute atomic E-state index is 13.4. The molecular weight excluding hydrogens is 382 g/mol. The molecule has 0 atom stereocenters. The maximum atomic E-state index is 13.4. The van der Waals surface area contributed by atoms with Crippen molar-refractivity contribution in [3.63, 3.8) is 0 Å². The zero-order valence-electron chi connectivity index (χ0n) is 18.4. The molecule has 0 bridgehead atoms. The van der Waals surface area contributed by atoms with E-state index in [2.05, 4.69) is 22.1 Å². The van der Waals surface area contributed by atoms with E-state index in [0.717, 1.165) is 62.5 Å². The van der Waals surface area contributed by atoms with E-state index in [9.17, 15) is 4.79 Å². The van der Waals surface area contributed by atoms with Gasteiger partial charge in [-0.1, -0.05) is 5.16 Å². The van der Waals surface area contributed by atoms with Gasteiger partial charge in [-0.15, -0.1) is 0 Å². The van der Waals surface area contributed by atoms with Crippen LogP contribution in [0.25, 0.3) is 11.3 Å². The summed E-state index contributed by atoms with van der Waals surface area (Å²) in [6, 6.07) is 1.97. The average molecular weight is 416 g/mol. The lowest BCUT2D eigenvalue weighted by atomic mass is 10.1. The standard InChI is InChI=1S/C22H33N5O3/c1-4-27-17(3)21(16(2)23-27)20-15-19(24-30-20)22(28)26(18-7-13-29-14-8-18)12-11-25-9-5-6-10-25/h15,18H,4-14H2,1-3H3. The molecule has 0 spiro atoms. The Balaban J connectivity index is 1.54. The van der Waals surface area contributed by atoms with E-state index >= 15 is 0 Å². The molecule has 2 aromatic rings. The highest BCUT2D eigenvalue weighted by atomic mass is 16.5. The predicted molar refractivity (Wildman–Crippen MR) is 113 cm³/mol. The minimum Gasteiger partial charge on any atom is -0.381 e. The van der Waals surface area contributed by atoms with Gasteiger partial charge in [0.05, 0.1) is 11.3 Å². The molecule has 0 aliphatic carbocycles. The zero-order chi connectivity index (χ0) is 21.1. The smallest absolute Gasteiger partial charge is 0.276 e. The molecule has 30 heavy (non-hydrogen) atoms. The second kappa shape index (κ2) is 9.31. The average Bonchev–Trinajstić information content (AvgIpc) is 3.50. The van der Waals surface area contributed by atoms with Crippen LogP contribution in [-0.2, 0) is 11.3 Å². The third-order valence-electron chi connectivity index (χ3n) is 6.40. The number of nitrogens with zero attached hydrogens (tertiary/aromatic N) is 5. The Morgan fingerprint density at radius 3 is 2.63 bits per heavy atom. The highest BCUT2D eigenvalue weighted by Crippen LogP contribution is 2.28. The van der Waals surface area contributed by atoms with Gasteiger partial charge in [0.1, 0.15) is 0 Å². The Labute approximate surface area is 178 Å². The fourth-order valence-electron chi connectivity index (χ4n) is 4.70. The summed E-state index contributed by atoms with van der Waals surface area (Å²) >= 11 is 0. The number of likely N-dealkylation sites (tertiary alicyclic amines) is 1. The van der Waals surface area contributed by atoms with Crippen LogP contribution in [-0.4, -0.2) is 76.1 Å². The monoisotopic (exact) mass is 415 g/mol. The van der Waals surface area contributed by atoms with E-state index in [1.165, 1.54) is 12.8 Å².